The first kappa shape index (κ1) is 12.4. The first-order valence-corrected chi connectivity index (χ1v) is 6.47. The number of ketones is 1. The molecule has 0 atom stereocenters. The summed E-state index contributed by atoms with van der Waals surface area (Å²) < 4.78 is 5.48. The predicted molar refractivity (Wildman–Crippen MR) is 64.7 cm³/mol. The van der Waals surface area contributed by atoms with Crippen molar-refractivity contribution in [1.82, 2.24) is 0 Å². The third-order valence-corrected chi connectivity index (χ3v) is 3.81. The highest BCUT2D eigenvalue weighted by molar-refractivity contribution is 7.98. The molecular formula is C12H14O4S. The molecule has 92 valence electrons. The molecule has 0 radical (unpaired) electrons. The maximum atomic E-state index is 12.4. The Morgan fingerprint density at radius 1 is 1.41 bits per heavy atom. The molecule has 0 fully saturated rings. The summed E-state index contributed by atoms with van der Waals surface area (Å²) in [5, 5.41) is 18.7. The van der Waals surface area contributed by atoms with Crippen LogP contribution in [0, 0.1) is 5.41 Å². The summed E-state index contributed by atoms with van der Waals surface area (Å²) >= 11 is 1.44. The van der Waals surface area contributed by atoms with Gasteiger partial charge in [-0.05, 0) is 18.4 Å². The van der Waals surface area contributed by atoms with Crippen molar-refractivity contribution in [2.75, 3.05) is 26.1 Å². The smallest absolute Gasteiger partial charge is 0.181 e. The van der Waals surface area contributed by atoms with Crippen LogP contribution in [-0.2, 0) is 0 Å². The minimum atomic E-state index is -1.21. The Kier molecular flexibility index (Phi) is 3.42. The molecule has 0 saturated carbocycles. The zero-order valence-electron chi connectivity index (χ0n) is 9.47. The van der Waals surface area contributed by atoms with Gasteiger partial charge in [0.2, 0.25) is 0 Å². The van der Waals surface area contributed by atoms with Gasteiger partial charge in [0.1, 0.15) is 17.8 Å². The van der Waals surface area contributed by atoms with Crippen LogP contribution in [0.4, 0.5) is 0 Å². The van der Waals surface area contributed by atoms with Crippen molar-refractivity contribution in [2.45, 2.75) is 4.90 Å². The lowest BCUT2D eigenvalue weighted by Gasteiger charge is -2.33. The van der Waals surface area contributed by atoms with Crippen molar-refractivity contribution in [3.05, 3.63) is 23.8 Å². The van der Waals surface area contributed by atoms with E-state index in [0.717, 1.165) is 4.90 Å². The van der Waals surface area contributed by atoms with Crippen LogP contribution in [0.2, 0.25) is 0 Å². The molecule has 0 unspecified atom stereocenters. The van der Waals surface area contributed by atoms with Gasteiger partial charge in [0.25, 0.3) is 0 Å². The zero-order chi connectivity index (χ0) is 12.5. The SMILES string of the molecule is CSc1cccc2c1C(=O)C(CO)(CO)CO2. The molecule has 17 heavy (non-hydrogen) atoms. The number of ether oxygens (including phenoxy) is 1. The highest BCUT2D eigenvalue weighted by Gasteiger charge is 2.44. The fraction of sp³-hybridized carbons (Fsp3) is 0.417. The minimum Gasteiger partial charge on any atom is -0.492 e. The van der Waals surface area contributed by atoms with E-state index < -0.39 is 18.6 Å². The fourth-order valence-electron chi connectivity index (χ4n) is 1.86. The molecule has 0 amide bonds. The second-order valence-electron chi connectivity index (χ2n) is 4.05. The maximum Gasteiger partial charge on any atom is 0.181 e. The van der Waals surface area contributed by atoms with Crippen LogP contribution in [0.3, 0.4) is 0 Å². The number of hydrogen-bond acceptors (Lipinski definition) is 5. The number of aliphatic hydroxyl groups is 2. The van der Waals surface area contributed by atoms with Crippen LogP contribution in [0.15, 0.2) is 23.1 Å². The lowest BCUT2D eigenvalue weighted by Crippen LogP contribution is -2.47. The number of Topliss-reactive ketones (excluding diaryl/α,β-unsaturated/α-hetero) is 1. The van der Waals surface area contributed by atoms with Crippen molar-refractivity contribution in [1.29, 1.82) is 0 Å². The van der Waals surface area contributed by atoms with Crippen molar-refractivity contribution in [3.8, 4) is 5.75 Å². The molecule has 2 N–H and O–H groups in total. The molecule has 0 bridgehead atoms. The highest BCUT2D eigenvalue weighted by Crippen LogP contribution is 2.38. The first-order valence-electron chi connectivity index (χ1n) is 5.25. The summed E-state index contributed by atoms with van der Waals surface area (Å²) in [5.41, 5.74) is -0.742. The van der Waals surface area contributed by atoms with Crippen molar-refractivity contribution >= 4 is 17.5 Å². The summed E-state index contributed by atoms with van der Waals surface area (Å²) in [6.07, 6.45) is 1.87. The highest BCUT2D eigenvalue weighted by atomic mass is 32.2. The second kappa shape index (κ2) is 4.68. The number of fused-ring (bicyclic) bond motifs is 1. The Labute approximate surface area is 104 Å². The van der Waals surface area contributed by atoms with Crippen molar-refractivity contribution in [3.63, 3.8) is 0 Å². The van der Waals surface area contributed by atoms with Crippen molar-refractivity contribution in [2.24, 2.45) is 5.41 Å². The van der Waals surface area contributed by atoms with Gasteiger partial charge in [0, 0.05) is 4.90 Å². The molecule has 0 aliphatic carbocycles. The number of rotatable bonds is 3. The van der Waals surface area contributed by atoms with Gasteiger partial charge in [-0.1, -0.05) is 6.07 Å². The zero-order valence-corrected chi connectivity index (χ0v) is 10.3. The van der Waals surface area contributed by atoms with E-state index in [-0.39, 0.29) is 12.4 Å². The average Bonchev–Trinajstić information content (AvgIpc) is 2.39. The van der Waals surface area contributed by atoms with Gasteiger partial charge < -0.3 is 14.9 Å². The molecule has 2 rings (SSSR count). The van der Waals surface area contributed by atoms with Crippen LogP contribution < -0.4 is 4.74 Å². The van der Waals surface area contributed by atoms with Gasteiger partial charge >= 0.3 is 0 Å². The van der Waals surface area contributed by atoms with E-state index >= 15 is 0 Å². The molecule has 1 aromatic rings. The third kappa shape index (κ3) is 1.84. The van der Waals surface area contributed by atoms with E-state index in [0.29, 0.717) is 11.3 Å². The van der Waals surface area contributed by atoms with E-state index in [9.17, 15) is 15.0 Å². The average molecular weight is 254 g/mol. The van der Waals surface area contributed by atoms with Crippen LogP contribution in [0.5, 0.6) is 5.75 Å². The molecule has 1 aromatic carbocycles. The normalized spacial score (nSPS) is 17.5. The minimum absolute atomic E-state index is 0.0175. The number of carbonyl (C=O) groups is 1. The molecule has 1 aliphatic rings. The molecule has 0 saturated heterocycles. The Balaban J connectivity index is 2.54. The monoisotopic (exact) mass is 254 g/mol. The number of aliphatic hydroxyl groups excluding tert-OH is 2. The van der Waals surface area contributed by atoms with Crippen molar-refractivity contribution < 1.29 is 19.7 Å². The molecular weight excluding hydrogens is 240 g/mol. The Bertz CT molecular complexity index is 426. The quantitative estimate of drug-likeness (QED) is 0.786. The first-order chi connectivity index (χ1) is 8.18. The Morgan fingerprint density at radius 2 is 2.12 bits per heavy atom. The molecule has 1 aliphatic heterocycles. The van der Waals surface area contributed by atoms with E-state index in [1.165, 1.54) is 11.8 Å². The van der Waals surface area contributed by atoms with E-state index in [2.05, 4.69) is 0 Å². The fourth-order valence-corrected chi connectivity index (χ4v) is 2.47. The molecule has 1 heterocycles. The van der Waals surface area contributed by atoms with Crippen LogP contribution in [-0.4, -0.2) is 42.1 Å². The van der Waals surface area contributed by atoms with Gasteiger partial charge in [0.15, 0.2) is 5.78 Å². The number of carbonyl (C=O) groups excluding carboxylic acids is 1. The summed E-state index contributed by atoms with van der Waals surface area (Å²) in [5.74, 6) is 0.285. The summed E-state index contributed by atoms with van der Waals surface area (Å²) in [6, 6.07) is 5.38. The molecule has 0 aromatic heterocycles. The van der Waals surface area contributed by atoms with Gasteiger partial charge in [-0.2, -0.15) is 0 Å². The predicted octanol–water partition coefficient (Wildman–Crippen LogP) is 0.955. The standard InChI is InChI=1S/C12H14O4S/c1-17-9-4-2-3-8-10(9)11(15)12(5-13,6-14)7-16-8/h2-4,13-14H,5-7H2,1H3. The Hall–Kier alpha value is -1.04. The summed E-state index contributed by atoms with van der Waals surface area (Å²) in [6.45, 7) is -0.807. The van der Waals surface area contributed by atoms with Crippen LogP contribution in [0.1, 0.15) is 10.4 Å². The van der Waals surface area contributed by atoms with E-state index in [1.54, 1.807) is 6.07 Å². The van der Waals surface area contributed by atoms with Gasteiger partial charge in [-0.15, -0.1) is 11.8 Å². The van der Waals surface area contributed by atoms with Crippen LogP contribution >= 0.6 is 11.8 Å². The third-order valence-electron chi connectivity index (χ3n) is 3.03. The topological polar surface area (TPSA) is 66.8 Å². The van der Waals surface area contributed by atoms with Gasteiger partial charge in [-0.25, -0.2) is 0 Å². The summed E-state index contributed by atoms with van der Waals surface area (Å²) in [7, 11) is 0. The van der Waals surface area contributed by atoms with Gasteiger partial charge in [0.05, 0.1) is 18.8 Å². The largest absolute Gasteiger partial charge is 0.492 e. The lowest BCUT2D eigenvalue weighted by molar-refractivity contribution is 0.0107. The lowest BCUT2D eigenvalue weighted by atomic mass is 9.80. The van der Waals surface area contributed by atoms with Gasteiger partial charge in [-0.3, -0.25) is 4.79 Å². The van der Waals surface area contributed by atoms with E-state index in [4.69, 9.17) is 4.74 Å². The maximum absolute atomic E-state index is 12.4. The number of thioether (sulfide) groups is 1. The molecule has 5 heteroatoms. The number of benzene rings is 1. The summed E-state index contributed by atoms with van der Waals surface area (Å²) in [4.78, 5) is 13.2. The molecule has 4 nitrogen and oxygen atoms in total. The van der Waals surface area contributed by atoms with E-state index in [1.807, 2.05) is 18.4 Å². The Morgan fingerprint density at radius 3 is 2.71 bits per heavy atom. The number of hydrogen-bond donors (Lipinski definition) is 2. The molecule has 0 spiro atoms. The second-order valence-corrected chi connectivity index (χ2v) is 4.90. The van der Waals surface area contributed by atoms with Crippen LogP contribution in [0.25, 0.3) is 0 Å².